The number of esters is 4. The van der Waals surface area contributed by atoms with Gasteiger partial charge in [0.1, 0.15) is 30.7 Å². The lowest BCUT2D eigenvalue weighted by molar-refractivity contribution is -0.166. The van der Waals surface area contributed by atoms with Gasteiger partial charge in [0.15, 0.2) is 0 Å². The first-order chi connectivity index (χ1) is 22.2. The molecule has 0 heterocycles. The van der Waals surface area contributed by atoms with Crippen LogP contribution in [0, 0.1) is 10.8 Å². The van der Waals surface area contributed by atoms with Crippen LogP contribution in [0.3, 0.4) is 0 Å². The molecule has 2 atom stereocenters. The van der Waals surface area contributed by atoms with Crippen molar-refractivity contribution in [3.8, 4) is 0 Å². The van der Waals surface area contributed by atoms with Crippen molar-refractivity contribution in [1.82, 2.24) is 5.32 Å². The lowest BCUT2D eigenvalue weighted by Crippen LogP contribution is -2.40. The van der Waals surface area contributed by atoms with Crippen molar-refractivity contribution in [1.29, 1.82) is 0 Å². The highest BCUT2D eigenvalue weighted by Crippen LogP contribution is 2.19. The quantitative estimate of drug-likeness (QED) is 0.0924. The second-order valence-corrected chi connectivity index (χ2v) is 10.2. The molecule has 2 unspecified atom stereocenters. The Labute approximate surface area is 276 Å². The van der Waals surface area contributed by atoms with Crippen molar-refractivity contribution in [3.05, 3.63) is 30.3 Å². The van der Waals surface area contributed by atoms with Crippen molar-refractivity contribution in [2.45, 2.75) is 34.6 Å². The second kappa shape index (κ2) is 27.3. The molecular weight excluding hydrogens is 624 g/mol. The molecule has 0 bridgehead atoms. The second-order valence-electron chi connectivity index (χ2n) is 10.2. The van der Waals surface area contributed by atoms with Gasteiger partial charge in [-0.15, -0.1) is 0 Å². The van der Waals surface area contributed by atoms with E-state index in [2.05, 4.69) is 15.4 Å². The number of ether oxygens (including phenoxy) is 7. The summed E-state index contributed by atoms with van der Waals surface area (Å²) < 4.78 is 33.7. The number of hydrogen-bond acceptors (Lipinski definition) is 14. The smallest absolute Gasteiger partial charge is 0.319 e. The highest BCUT2D eigenvalue weighted by atomic mass is 16.6. The van der Waals surface area contributed by atoms with Crippen molar-refractivity contribution >= 4 is 35.6 Å². The molecule has 0 saturated heterocycles. The number of carbonyl (C=O) groups excluding carboxylic acids is 5. The standard InChI is InChI=1S/C16H22N2O6.C9H16O5.C6H14O3/c1-12(20)24-11-16(2,10-19)14(21)23-9-8-17-15(22)18-13-6-4-3-5-7-13;1-4-13-8(12)9(3,5-10)6-14-7(2)11;1-7-3-5-9-6-4-8-2/h3-7,19H,8-11H2,1-2H3,(H2,17,18,22);10H,4-6H2,1-3H3;3-6H2,1-2H3. The number of methoxy groups -OCH3 is 2. The van der Waals surface area contributed by atoms with Crippen LogP contribution in [0.15, 0.2) is 30.3 Å². The summed E-state index contributed by atoms with van der Waals surface area (Å²) in [5, 5.41) is 23.5. The fraction of sp³-hybridized carbons (Fsp3) is 0.645. The summed E-state index contributed by atoms with van der Waals surface area (Å²) in [5.74, 6) is -2.32. The number of nitrogens with one attached hydrogen (secondary N) is 2. The summed E-state index contributed by atoms with van der Waals surface area (Å²) in [5.41, 5.74) is -1.86. The van der Waals surface area contributed by atoms with Gasteiger partial charge in [-0.3, -0.25) is 19.2 Å². The summed E-state index contributed by atoms with van der Waals surface area (Å²) in [6.45, 7) is 8.50. The third-order valence-electron chi connectivity index (χ3n) is 5.66. The molecule has 16 heteroatoms. The Morgan fingerprint density at radius 2 is 1.17 bits per heavy atom. The average molecular weight is 677 g/mol. The zero-order valence-electron chi connectivity index (χ0n) is 28.5. The SMILES string of the molecule is CC(=O)OCC(C)(CO)C(=O)OCCNC(=O)Nc1ccccc1.CCOC(=O)C(C)(CO)COC(C)=O.COCCOCCOC. The molecule has 1 aromatic carbocycles. The first-order valence-electron chi connectivity index (χ1n) is 14.7. The largest absolute Gasteiger partial charge is 0.465 e. The summed E-state index contributed by atoms with van der Waals surface area (Å²) in [4.78, 5) is 56.2. The minimum atomic E-state index is -1.34. The lowest BCUT2D eigenvalue weighted by atomic mass is 9.93. The van der Waals surface area contributed by atoms with E-state index in [0.717, 1.165) is 0 Å². The predicted octanol–water partition coefficient (Wildman–Crippen LogP) is 1.32. The molecule has 2 amide bonds. The monoisotopic (exact) mass is 676 g/mol. The summed E-state index contributed by atoms with van der Waals surface area (Å²) in [7, 11) is 3.30. The van der Waals surface area contributed by atoms with Gasteiger partial charge < -0.3 is 54.0 Å². The van der Waals surface area contributed by atoms with Gasteiger partial charge in [0.25, 0.3) is 0 Å². The minimum absolute atomic E-state index is 0.0727. The topological polar surface area (TPSA) is 214 Å². The molecule has 16 nitrogen and oxygen atoms in total. The van der Waals surface area contributed by atoms with Crippen molar-refractivity contribution in [3.63, 3.8) is 0 Å². The molecule has 0 aliphatic rings. The number of rotatable bonds is 19. The fourth-order valence-electron chi connectivity index (χ4n) is 2.73. The number of anilines is 1. The first kappa shape index (κ1) is 45.3. The maximum Gasteiger partial charge on any atom is 0.319 e. The van der Waals surface area contributed by atoms with Crippen LogP contribution >= 0.6 is 0 Å². The highest BCUT2D eigenvalue weighted by Gasteiger charge is 2.36. The van der Waals surface area contributed by atoms with E-state index in [-0.39, 0.29) is 33.0 Å². The summed E-state index contributed by atoms with van der Waals surface area (Å²) >= 11 is 0. The van der Waals surface area contributed by atoms with E-state index in [1.165, 1.54) is 27.7 Å². The molecule has 47 heavy (non-hydrogen) atoms. The van der Waals surface area contributed by atoms with Crippen LogP contribution in [0.25, 0.3) is 0 Å². The van der Waals surface area contributed by atoms with Crippen LogP contribution in [0.1, 0.15) is 34.6 Å². The summed E-state index contributed by atoms with van der Waals surface area (Å²) in [6, 6.07) is 8.45. The number of hydrogen-bond donors (Lipinski definition) is 4. The van der Waals surface area contributed by atoms with Gasteiger partial charge in [-0.25, -0.2) is 4.79 Å². The van der Waals surface area contributed by atoms with E-state index in [9.17, 15) is 29.1 Å². The normalized spacial score (nSPS) is 12.6. The van der Waals surface area contributed by atoms with E-state index >= 15 is 0 Å². The van der Waals surface area contributed by atoms with Gasteiger partial charge in [-0.2, -0.15) is 0 Å². The van der Waals surface area contributed by atoms with Crippen LogP contribution in [0.4, 0.5) is 10.5 Å². The first-order valence-corrected chi connectivity index (χ1v) is 14.7. The third-order valence-corrected chi connectivity index (χ3v) is 5.66. The maximum atomic E-state index is 11.9. The Hall–Kier alpha value is -3.83. The van der Waals surface area contributed by atoms with Gasteiger partial charge in [0.05, 0.1) is 52.8 Å². The molecule has 0 aromatic heterocycles. The van der Waals surface area contributed by atoms with Crippen molar-refractivity contribution < 1.29 is 67.3 Å². The number of amides is 2. The van der Waals surface area contributed by atoms with Gasteiger partial charge >= 0.3 is 29.9 Å². The average Bonchev–Trinajstić information content (AvgIpc) is 3.05. The van der Waals surface area contributed by atoms with Gasteiger partial charge in [-0.05, 0) is 32.9 Å². The van der Waals surface area contributed by atoms with Crippen LogP contribution in [-0.4, -0.2) is 127 Å². The van der Waals surface area contributed by atoms with E-state index in [0.29, 0.717) is 32.1 Å². The molecule has 0 aliphatic heterocycles. The fourth-order valence-corrected chi connectivity index (χ4v) is 2.73. The van der Waals surface area contributed by atoms with Gasteiger partial charge in [0, 0.05) is 33.8 Å². The number of carbonyl (C=O) groups is 5. The lowest BCUT2D eigenvalue weighted by Gasteiger charge is -2.24. The van der Waals surface area contributed by atoms with Gasteiger partial charge in [-0.1, -0.05) is 18.2 Å². The zero-order valence-corrected chi connectivity index (χ0v) is 28.5. The molecule has 0 aliphatic carbocycles. The number of benzene rings is 1. The Bertz CT molecular complexity index is 1020. The van der Waals surface area contributed by atoms with Crippen LogP contribution in [-0.2, 0) is 52.3 Å². The molecule has 0 fully saturated rings. The molecule has 270 valence electrons. The number of aliphatic hydroxyl groups excluding tert-OH is 2. The molecule has 1 aromatic rings. The Morgan fingerprint density at radius 1 is 0.702 bits per heavy atom. The number of para-hydroxylation sites is 1. The third kappa shape index (κ3) is 23.2. The molecular formula is C31H52N2O14. The number of aliphatic hydroxyl groups is 2. The zero-order chi connectivity index (χ0) is 36.1. The Balaban J connectivity index is 0. The Kier molecular flexibility index (Phi) is 26.3. The van der Waals surface area contributed by atoms with E-state index < -0.39 is 54.0 Å². The van der Waals surface area contributed by atoms with Crippen molar-refractivity contribution in [2.75, 3.05) is 92.1 Å². The molecule has 0 radical (unpaired) electrons. The van der Waals surface area contributed by atoms with Crippen LogP contribution in [0.5, 0.6) is 0 Å². The van der Waals surface area contributed by atoms with E-state index in [1.807, 2.05) is 6.07 Å². The minimum Gasteiger partial charge on any atom is -0.465 e. The van der Waals surface area contributed by atoms with Crippen LogP contribution in [0.2, 0.25) is 0 Å². The molecule has 1 rings (SSSR count). The predicted molar refractivity (Wildman–Crippen MR) is 169 cm³/mol. The van der Waals surface area contributed by atoms with Crippen LogP contribution < -0.4 is 10.6 Å². The van der Waals surface area contributed by atoms with Gasteiger partial charge in [0.2, 0.25) is 0 Å². The summed E-state index contributed by atoms with van der Waals surface area (Å²) in [6.07, 6.45) is 0. The molecule has 0 saturated carbocycles. The molecule has 4 N–H and O–H groups in total. The number of urea groups is 1. The Morgan fingerprint density at radius 3 is 1.57 bits per heavy atom. The highest BCUT2D eigenvalue weighted by molar-refractivity contribution is 5.89. The van der Waals surface area contributed by atoms with E-state index in [1.54, 1.807) is 45.4 Å². The maximum absolute atomic E-state index is 11.9. The molecule has 0 spiro atoms. The van der Waals surface area contributed by atoms with E-state index in [4.69, 9.17) is 33.5 Å². The van der Waals surface area contributed by atoms with Crippen molar-refractivity contribution in [2.24, 2.45) is 10.8 Å².